The molecule has 4 atom stereocenters. The lowest BCUT2D eigenvalue weighted by atomic mass is 9.85. The lowest BCUT2D eigenvalue weighted by Crippen LogP contribution is -2.59. The van der Waals surface area contributed by atoms with Gasteiger partial charge in [-0.3, -0.25) is 19.3 Å². The molecule has 2 aromatic carbocycles. The van der Waals surface area contributed by atoms with Crippen molar-refractivity contribution < 1.29 is 23.9 Å². The second-order valence-electron chi connectivity index (χ2n) is 15.1. The number of rotatable bonds is 10. The highest BCUT2D eigenvalue weighted by molar-refractivity contribution is 7.13. The molecule has 13 nitrogen and oxygen atoms in total. The van der Waals surface area contributed by atoms with Crippen LogP contribution in [0, 0.1) is 12.3 Å². The number of amides is 3. The summed E-state index contributed by atoms with van der Waals surface area (Å²) in [7, 11) is 0. The third-order valence-corrected chi connectivity index (χ3v) is 11.1. The van der Waals surface area contributed by atoms with Gasteiger partial charge in [0.2, 0.25) is 17.7 Å². The van der Waals surface area contributed by atoms with Gasteiger partial charge in [-0.05, 0) is 48.6 Å². The fourth-order valence-corrected chi connectivity index (χ4v) is 7.82. The summed E-state index contributed by atoms with van der Waals surface area (Å²) in [5.41, 5.74) is 11.9. The molecular formula is C39H48FN9O4S. The van der Waals surface area contributed by atoms with Crippen LogP contribution in [0.3, 0.4) is 0 Å². The molecule has 2 saturated heterocycles. The quantitative estimate of drug-likeness (QED) is 0.183. The number of aromatic nitrogens is 3. The third-order valence-electron chi connectivity index (χ3n) is 10.1. The van der Waals surface area contributed by atoms with Crippen molar-refractivity contribution in [3.8, 4) is 27.4 Å². The number of hydrogen-bond acceptors (Lipinski definition) is 11. The van der Waals surface area contributed by atoms with Gasteiger partial charge in [0.15, 0.2) is 5.82 Å². The molecule has 5 N–H and O–H groups in total. The molecule has 6 rings (SSSR count). The number of carbonyl (C=O) groups is 3. The zero-order valence-electron chi connectivity index (χ0n) is 31.3. The van der Waals surface area contributed by atoms with Crippen LogP contribution < -0.4 is 21.3 Å². The molecule has 2 aliphatic rings. The van der Waals surface area contributed by atoms with E-state index in [4.69, 9.17) is 5.73 Å². The predicted molar refractivity (Wildman–Crippen MR) is 207 cm³/mol. The zero-order valence-corrected chi connectivity index (χ0v) is 32.1. The van der Waals surface area contributed by atoms with Gasteiger partial charge in [0.25, 0.3) is 0 Å². The summed E-state index contributed by atoms with van der Waals surface area (Å²) in [4.78, 5) is 51.9. The Hall–Kier alpha value is -5.15. The summed E-state index contributed by atoms with van der Waals surface area (Å²) in [6, 6.07) is 14.2. The van der Waals surface area contributed by atoms with Gasteiger partial charge in [0.05, 0.1) is 46.6 Å². The first-order valence-corrected chi connectivity index (χ1v) is 19.0. The molecule has 3 amide bonds. The van der Waals surface area contributed by atoms with Gasteiger partial charge >= 0.3 is 0 Å². The number of halogens is 1. The standard InChI is InChI=1S/C39H48FN9O4S/c1-23(25-10-12-26(13-11-25)34-24(2)42-22-54-34)43-37(52)31-18-27(40)20-49(31)38(53)35(39(3,4)5)44-33(51)21-47-14-16-48(17-15-47)30-19-29(45-46-36(30)41)28-8-6-7-9-32(28)50/h6-13,19,22-23,27,31,35,50H,14-18,20-21H2,1-5H3,(H2,41,46)(H,43,52)(H,44,51)/t23-,27+,31-,35+/m0/s1. The maximum atomic E-state index is 15.0. The molecule has 54 heavy (non-hydrogen) atoms. The number of nitrogens with one attached hydrogen (secondary N) is 2. The molecule has 2 fully saturated rings. The van der Waals surface area contributed by atoms with Crippen LogP contribution in [0.15, 0.2) is 60.1 Å². The lowest BCUT2D eigenvalue weighted by molar-refractivity contribution is -0.144. The molecule has 0 unspecified atom stereocenters. The molecule has 15 heteroatoms. The van der Waals surface area contributed by atoms with Crippen LogP contribution in [-0.4, -0.2) is 105 Å². The summed E-state index contributed by atoms with van der Waals surface area (Å²) in [6.07, 6.45) is -1.48. The van der Waals surface area contributed by atoms with Crippen molar-refractivity contribution >= 4 is 40.6 Å². The number of alkyl halides is 1. The van der Waals surface area contributed by atoms with E-state index in [9.17, 15) is 23.9 Å². The van der Waals surface area contributed by atoms with E-state index in [0.717, 1.165) is 21.7 Å². The molecule has 0 radical (unpaired) electrons. The smallest absolute Gasteiger partial charge is 0.246 e. The van der Waals surface area contributed by atoms with Gasteiger partial charge < -0.3 is 31.3 Å². The van der Waals surface area contributed by atoms with Gasteiger partial charge in [0.1, 0.15) is 24.0 Å². The number of aryl methyl sites for hydroxylation is 1. The summed E-state index contributed by atoms with van der Waals surface area (Å²) in [6.45, 7) is 11.3. The largest absolute Gasteiger partial charge is 0.507 e. The molecule has 0 aliphatic carbocycles. The second-order valence-corrected chi connectivity index (χ2v) is 16.0. The van der Waals surface area contributed by atoms with Gasteiger partial charge in [0, 0.05) is 38.2 Å². The monoisotopic (exact) mass is 757 g/mol. The molecule has 4 aromatic rings. The minimum atomic E-state index is -1.37. The topological polar surface area (TPSA) is 170 Å². The Labute approximate surface area is 318 Å². The van der Waals surface area contributed by atoms with E-state index in [1.165, 1.54) is 4.90 Å². The van der Waals surface area contributed by atoms with Crippen molar-refractivity contribution in [2.24, 2.45) is 5.41 Å². The highest BCUT2D eigenvalue weighted by Gasteiger charge is 2.45. The Morgan fingerprint density at radius 3 is 2.39 bits per heavy atom. The number of benzene rings is 2. The van der Waals surface area contributed by atoms with Gasteiger partial charge in [-0.2, -0.15) is 0 Å². The van der Waals surface area contributed by atoms with Crippen molar-refractivity contribution in [3.05, 3.63) is 71.4 Å². The number of thiazole rings is 1. The Morgan fingerprint density at radius 1 is 1.04 bits per heavy atom. The number of anilines is 2. The number of phenolic OH excluding ortho intramolecular Hbond substituents is 1. The van der Waals surface area contributed by atoms with E-state index in [0.29, 0.717) is 43.1 Å². The Morgan fingerprint density at radius 2 is 1.74 bits per heavy atom. The Bertz CT molecular complexity index is 1980. The van der Waals surface area contributed by atoms with Crippen LogP contribution >= 0.6 is 11.3 Å². The number of nitrogens with zero attached hydrogens (tertiary/aromatic N) is 6. The van der Waals surface area contributed by atoms with E-state index < -0.39 is 35.5 Å². The van der Waals surface area contributed by atoms with E-state index >= 15 is 0 Å². The Kier molecular flexibility index (Phi) is 11.5. The molecule has 4 heterocycles. The molecular weight excluding hydrogens is 710 g/mol. The number of hydrogen-bond donors (Lipinski definition) is 4. The van der Waals surface area contributed by atoms with E-state index in [1.807, 2.05) is 69.3 Å². The first kappa shape index (κ1) is 38.6. The number of piperazine rings is 1. The van der Waals surface area contributed by atoms with Gasteiger partial charge in [-0.15, -0.1) is 21.5 Å². The van der Waals surface area contributed by atoms with Crippen LogP contribution in [0.2, 0.25) is 0 Å². The predicted octanol–water partition coefficient (Wildman–Crippen LogP) is 4.33. The average molecular weight is 758 g/mol. The number of phenols is 1. The SMILES string of the molecule is Cc1ncsc1-c1ccc([C@H](C)NC(=O)[C@@H]2C[C@@H](F)CN2C(=O)[C@@H](NC(=O)CN2CCN(c3cc(-c4ccccc4O)nnc3N)CC2)C(C)(C)C)cc1. The normalized spacial score (nSPS) is 19.0. The maximum Gasteiger partial charge on any atom is 0.246 e. The first-order chi connectivity index (χ1) is 25.7. The first-order valence-electron chi connectivity index (χ1n) is 18.1. The molecule has 2 aliphatic heterocycles. The van der Waals surface area contributed by atoms with E-state index in [1.54, 1.807) is 41.7 Å². The van der Waals surface area contributed by atoms with Crippen molar-refractivity contribution in [1.82, 2.24) is 35.6 Å². The van der Waals surface area contributed by atoms with E-state index in [-0.39, 0.29) is 43.0 Å². The summed E-state index contributed by atoms with van der Waals surface area (Å²) < 4.78 is 15.0. The minimum Gasteiger partial charge on any atom is -0.507 e. The second kappa shape index (κ2) is 16.1. The van der Waals surface area contributed by atoms with Crippen molar-refractivity contribution in [2.75, 3.05) is 49.9 Å². The highest BCUT2D eigenvalue weighted by Crippen LogP contribution is 2.33. The molecule has 2 aromatic heterocycles. The van der Waals surface area contributed by atoms with Crippen LogP contribution in [0.25, 0.3) is 21.7 Å². The molecule has 0 saturated carbocycles. The summed E-state index contributed by atoms with van der Waals surface area (Å²) in [5.74, 6) is -0.909. The number of nitrogens with two attached hydrogens (primary N) is 1. The zero-order chi connectivity index (χ0) is 38.7. The fraction of sp³-hybridized carbons (Fsp3) is 0.436. The highest BCUT2D eigenvalue weighted by atomic mass is 32.1. The maximum absolute atomic E-state index is 15.0. The summed E-state index contributed by atoms with van der Waals surface area (Å²) >= 11 is 1.57. The number of aromatic hydroxyl groups is 1. The molecule has 286 valence electrons. The Balaban J connectivity index is 1.06. The van der Waals surface area contributed by atoms with Crippen molar-refractivity contribution in [3.63, 3.8) is 0 Å². The fourth-order valence-electron chi connectivity index (χ4n) is 7.01. The van der Waals surface area contributed by atoms with Gasteiger partial charge in [-0.25, -0.2) is 9.37 Å². The molecule has 0 spiro atoms. The van der Waals surface area contributed by atoms with Crippen LogP contribution in [0.5, 0.6) is 5.75 Å². The van der Waals surface area contributed by atoms with Gasteiger partial charge in [-0.1, -0.05) is 57.2 Å². The van der Waals surface area contributed by atoms with Crippen molar-refractivity contribution in [1.29, 1.82) is 0 Å². The van der Waals surface area contributed by atoms with E-state index in [2.05, 4.69) is 30.7 Å². The minimum absolute atomic E-state index is 0.0510. The van der Waals surface area contributed by atoms with Crippen LogP contribution in [0.1, 0.15) is 51.4 Å². The van der Waals surface area contributed by atoms with Crippen LogP contribution in [-0.2, 0) is 14.4 Å². The lowest BCUT2D eigenvalue weighted by Gasteiger charge is -2.38. The number of likely N-dealkylation sites (tertiary alicyclic amines) is 1. The molecule has 0 bridgehead atoms. The average Bonchev–Trinajstić information content (AvgIpc) is 3.76. The summed E-state index contributed by atoms with van der Waals surface area (Å²) in [5, 5.41) is 24.5. The van der Waals surface area contributed by atoms with Crippen molar-refractivity contribution in [2.45, 2.75) is 65.3 Å². The number of para-hydroxylation sites is 1. The third kappa shape index (κ3) is 8.63. The number of nitrogen functional groups attached to an aromatic ring is 1. The number of carbonyl (C=O) groups excluding carboxylic acids is 3. The van der Waals surface area contributed by atoms with Crippen LogP contribution in [0.4, 0.5) is 15.9 Å².